The quantitative estimate of drug-likeness (QED) is 0.904. The molecule has 1 N–H and O–H groups in total. The number of benzene rings is 1. The maximum atomic E-state index is 11.0. The number of rotatable bonds is 5. The van der Waals surface area contributed by atoms with Gasteiger partial charge in [-0.05, 0) is 19.0 Å². The summed E-state index contributed by atoms with van der Waals surface area (Å²) in [7, 11) is 3.15. The average Bonchev–Trinajstić information content (AvgIpc) is 2.88. The summed E-state index contributed by atoms with van der Waals surface area (Å²) in [6, 6.07) is 3.57. The third-order valence-electron chi connectivity index (χ3n) is 3.57. The summed E-state index contributed by atoms with van der Waals surface area (Å²) >= 11 is 6.13. The van der Waals surface area contributed by atoms with Crippen LogP contribution < -0.4 is 9.47 Å². The van der Waals surface area contributed by atoms with Crippen LogP contribution in [0.1, 0.15) is 12.0 Å². The van der Waals surface area contributed by atoms with E-state index in [1.165, 1.54) is 0 Å². The Balaban J connectivity index is 2.13. The van der Waals surface area contributed by atoms with Crippen LogP contribution in [-0.2, 0) is 11.3 Å². The first kappa shape index (κ1) is 14.9. The van der Waals surface area contributed by atoms with E-state index >= 15 is 0 Å². The predicted molar refractivity (Wildman–Crippen MR) is 75.6 cm³/mol. The van der Waals surface area contributed by atoms with Gasteiger partial charge in [-0.2, -0.15) is 0 Å². The van der Waals surface area contributed by atoms with E-state index < -0.39 is 5.97 Å². The molecular weight excluding hydrogens is 282 g/mol. The molecule has 0 aliphatic carbocycles. The van der Waals surface area contributed by atoms with Crippen molar-refractivity contribution in [3.63, 3.8) is 0 Å². The van der Waals surface area contributed by atoms with Crippen LogP contribution in [0.15, 0.2) is 12.1 Å². The van der Waals surface area contributed by atoms with Gasteiger partial charge in [0.15, 0.2) is 0 Å². The molecule has 1 saturated heterocycles. The lowest BCUT2D eigenvalue weighted by molar-refractivity contribution is -0.141. The summed E-state index contributed by atoms with van der Waals surface area (Å²) in [6.07, 6.45) is 0.682. The molecule has 110 valence electrons. The first-order chi connectivity index (χ1) is 9.55. The van der Waals surface area contributed by atoms with E-state index in [1.54, 1.807) is 20.3 Å². The average molecular weight is 300 g/mol. The summed E-state index contributed by atoms with van der Waals surface area (Å²) in [5, 5.41) is 9.55. The fourth-order valence-electron chi connectivity index (χ4n) is 2.46. The van der Waals surface area contributed by atoms with Gasteiger partial charge in [0, 0.05) is 24.7 Å². The van der Waals surface area contributed by atoms with Gasteiger partial charge in [-0.15, -0.1) is 0 Å². The van der Waals surface area contributed by atoms with Gasteiger partial charge < -0.3 is 14.6 Å². The molecule has 1 aromatic rings. The van der Waals surface area contributed by atoms with Crippen molar-refractivity contribution in [2.45, 2.75) is 13.0 Å². The zero-order valence-electron chi connectivity index (χ0n) is 11.6. The number of nitrogens with zero attached hydrogens (tertiary/aromatic N) is 1. The molecule has 20 heavy (non-hydrogen) atoms. The molecule has 1 aliphatic heterocycles. The van der Waals surface area contributed by atoms with Crippen LogP contribution in [0.4, 0.5) is 0 Å². The van der Waals surface area contributed by atoms with Crippen molar-refractivity contribution in [1.29, 1.82) is 0 Å². The molecule has 1 unspecified atom stereocenters. The minimum absolute atomic E-state index is 0.283. The van der Waals surface area contributed by atoms with E-state index in [4.69, 9.17) is 26.2 Å². The van der Waals surface area contributed by atoms with E-state index in [0.717, 1.165) is 12.1 Å². The van der Waals surface area contributed by atoms with Gasteiger partial charge in [0.2, 0.25) is 0 Å². The lowest BCUT2D eigenvalue weighted by Gasteiger charge is -2.18. The molecular formula is C14H18ClNO4. The van der Waals surface area contributed by atoms with Gasteiger partial charge in [0.25, 0.3) is 0 Å². The molecule has 1 aliphatic rings. The monoisotopic (exact) mass is 299 g/mol. The number of carbonyl (C=O) groups is 1. The highest BCUT2D eigenvalue weighted by Crippen LogP contribution is 2.34. The fraction of sp³-hybridized carbons (Fsp3) is 0.500. The molecule has 1 aromatic carbocycles. The fourth-order valence-corrected chi connectivity index (χ4v) is 2.73. The third kappa shape index (κ3) is 3.16. The highest BCUT2D eigenvalue weighted by molar-refractivity contribution is 6.32. The van der Waals surface area contributed by atoms with Crippen molar-refractivity contribution >= 4 is 17.6 Å². The summed E-state index contributed by atoms with van der Waals surface area (Å²) in [5.41, 5.74) is 0.935. The molecule has 0 spiro atoms. The number of likely N-dealkylation sites (tertiary alicyclic amines) is 1. The Hall–Kier alpha value is -1.46. The molecule has 1 heterocycles. The normalized spacial score (nSPS) is 19.1. The highest BCUT2D eigenvalue weighted by atomic mass is 35.5. The van der Waals surface area contributed by atoms with E-state index in [0.29, 0.717) is 36.0 Å². The molecule has 0 aromatic heterocycles. The van der Waals surface area contributed by atoms with Gasteiger partial charge >= 0.3 is 5.97 Å². The first-order valence-electron chi connectivity index (χ1n) is 6.40. The second-order valence-corrected chi connectivity index (χ2v) is 5.26. The largest absolute Gasteiger partial charge is 0.496 e. The Bertz CT molecular complexity index is 506. The van der Waals surface area contributed by atoms with Crippen molar-refractivity contribution in [2.24, 2.45) is 5.92 Å². The van der Waals surface area contributed by atoms with E-state index in [-0.39, 0.29) is 5.92 Å². The van der Waals surface area contributed by atoms with Gasteiger partial charge in [0.1, 0.15) is 11.5 Å². The minimum Gasteiger partial charge on any atom is -0.496 e. The molecule has 6 heteroatoms. The van der Waals surface area contributed by atoms with Crippen LogP contribution in [0.25, 0.3) is 0 Å². The number of methoxy groups -OCH3 is 2. The van der Waals surface area contributed by atoms with Crippen LogP contribution in [0.3, 0.4) is 0 Å². The van der Waals surface area contributed by atoms with Crippen LogP contribution >= 0.6 is 11.6 Å². The number of carboxylic acid groups (broad SMARTS) is 1. The lowest BCUT2D eigenvalue weighted by Crippen LogP contribution is -2.23. The zero-order chi connectivity index (χ0) is 14.7. The number of halogens is 1. The number of hydrogen-bond donors (Lipinski definition) is 1. The standard InChI is InChI=1S/C14H18ClNO4/c1-19-12-6-13(20-2)11(15)5-10(12)8-16-4-3-9(7-16)14(17)18/h5-6,9H,3-4,7-8H2,1-2H3,(H,17,18). The maximum Gasteiger partial charge on any atom is 0.307 e. The molecule has 1 atom stereocenters. The highest BCUT2D eigenvalue weighted by Gasteiger charge is 2.28. The summed E-state index contributed by atoms with van der Waals surface area (Å²) in [5.74, 6) is 0.254. The molecule has 1 fully saturated rings. The number of aliphatic carboxylic acids is 1. The Morgan fingerprint density at radius 2 is 2.10 bits per heavy atom. The van der Waals surface area contributed by atoms with Crippen LogP contribution in [0.2, 0.25) is 5.02 Å². The van der Waals surface area contributed by atoms with Gasteiger partial charge in [-0.3, -0.25) is 9.69 Å². The van der Waals surface area contributed by atoms with Crippen molar-refractivity contribution in [3.8, 4) is 11.5 Å². The maximum absolute atomic E-state index is 11.0. The van der Waals surface area contributed by atoms with E-state index in [1.807, 2.05) is 6.07 Å². The third-order valence-corrected chi connectivity index (χ3v) is 3.87. The molecule has 0 radical (unpaired) electrons. The number of hydrogen-bond acceptors (Lipinski definition) is 4. The van der Waals surface area contributed by atoms with Gasteiger partial charge in [-0.25, -0.2) is 0 Å². The van der Waals surface area contributed by atoms with Crippen LogP contribution in [0.5, 0.6) is 11.5 Å². The molecule has 2 rings (SSSR count). The predicted octanol–water partition coefficient (Wildman–Crippen LogP) is 2.26. The molecule has 0 saturated carbocycles. The van der Waals surface area contributed by atoms with Gasteiger partial charge in [0.05, 0.1) is 25.2 Å². The van der Waals surface area contributed by atoms with Crippen molar-refractivity contribution in [2.75, 3.05) is 27.3 Å². The number of ether oxygens (including phenoxy) is 2. The number of carboxylic acids is 1. The smallest absolute Gasteiger partial charge is 0.307 e. The Labute approximate surface area is 123 Å². The first-order valence-corrected chi connectivity index (χ1v) is 6.78. The SMILES string of the molecule is COc1cc(OC)c(CN2CCC(C(=O)O)C2)cc1Cl. The second kappa shape index (κ2) is 6.33. The molecule has 0 bridgehead atoms. The van der Waals surface area contributed by atoms with Crippen molar-refractivity contribution in [1.82, 2.24) is 4.90 Å². The molecule has 0 amide bonds. The van der Waals surface area contributed by atoms with Crippen molar-refractivity contribution in [3.05, 3.63) is 22.7 Å². The molecule has 5 nitrogen and oxygen atoms in total. The van der Waals surface area contributed by atoms with Crippen molar-refractivity contribution < 1.29 is 19.4 Å². The van der Waals surface area contributed by atoms with E-state index in [9.17, 15) is 4.79 Å². The van der Waals surface area contributed by atoms with E-state index in [2.05, 4.69) is 4.90 Å². The Morgan fingerprint density at radius 3 is 2.65 bits per heavy atom. The summed E-state index contributed by atoms with van der Waals surface area (Å²) < 4.78 is 10.5. The second-order valence-electron chi connectivity index (χ2n) is 4.86. The minimum atomic E-state index is -0.729. The van der Waals surface area contributed by atoms with Crippen LogP contribution in [0, 0.1) is 5.92 Å². The Kier molecular flexibility index (Phi) is 4.73. The van der Waals surface area contributed by atoms with Crippen LogP contribution in [-0.4, -0.2) is 43.3 Å². The Morgan fingerprint density at radius 1 is 1.40 bits per heavy atom. The lowest BCUT2D eigenvalue weighted by atomic mass is 10.1. The topological polar surface area (TPSA) is 59.0 Å². The van der Waals surface area contributed by atoms with Gasteiger partial charge in [-0.1, -0.05) is 11.6 Å². The summed E-state index contributed by atoms with van der Waals surface area (Å²) in [6.45, 7) is 1.95. The zero-order valence-corrected chi connectivity index (χ0v) is 12.3. The summed E-state index contributed by atoms with van der Waals surface area (Å²) in [4.78, 5) is 13.1.